The second-order valence-electron chi connectivity index (χ2n) is 12.9. The molecule has 4 aliphatic rings. The zero-order chi connectivity index (χ0) is 27.5. The lowest BCUT2D eigenvalue weighted by molar-refractivity contribution is -0.169. The number of hydrogen-bond acceptors (Lipinski definition) is 5. The predicted octanol–water partition coefficient (Wildman–Crippen LogP) is 6.19. The highest BCUT2D eigenvalue weighted by molar-refractivity contribution is 5.79. The molecule has 4 saturated carbocycles. The summed E-state index contributed by atoms with van der Waals surface area (Å²) < 4.78 is 5.52. The van der Waals surface area contributed by atoms with Crippen molar-refractivity contribution in [1.29, 1.82) is 0 Å². The molecule has 212 valence electrons. The maximum atomic E-state index is 12.8. The van der Waals surface area contributed by atoms with Gasteiger partial charge in [-0.05, 0) is 92.1 Å². The number of aliphatic hydroxyl groups excluding tert-OH is 3. The van der Waals surface area contributed by atoms with E-state index in [1.54, 1.807) is 0 Å². The van der Waals surface area contributed by atoms with Crippen molar-refractivity contribution in [1.82, 2.24) is 0 Å². The normalized spacial score (nSPS) is 36.7. The molecule has 0 aromatic rings. The van der Waals surface area contributed by atoms with Gasteiger partial charge >= 0.3 is 5.97 Å². The summed E-state index contributed by atoms with van der Waals surface area (Å²) in [6.45, 7) is 11.3. The first-order chi connectivity index (χ1) is 18.1. The highest BCUT2D eigenvalue weighted by atomic mass is 16.5. The van der Waals surface area contributed by atoms with Gasteiger partial charge in [0.2, 0.25) is 0 Å². The van der Waals surface area contributed by atoms with Crippen LogP contribution in [0.15, 0.2) is 47.6 Å². The SMILES string of the molecule is C=C1/C(=C\C=C2/CCC[C@]3(C)[C@@H]([C@H](C)C=C[C@@H](O)C4(C(=O)OCCCC)CCC4)CC[C@@H]23)C[C@@H](O)C[C@@H]1O. The van der Waals surface area contributed by atoms with E-state index in [4.69, 9.17) is 4.74 Å². The monoisotopic (exact) mass is 526 g/mol. The van der Waals surface area contributed by atoms with Crippen LogP contribution < -0.4 is 0 Å². The van der Waals surface area contributed by atoms with Crippen molar-refractivity contribution >= 4 is 5.97 Å². The van der Waals surface area contributed by atoms with Crippen LogP contribution in [0.25, 0.3) is 0 Å². The number of carbonyl (C=O) groups excluding carboxylic acids is 1. The average Bonchev–Trinajstić information content (AvgIpc) is 3.21. The Hall–Kier alpha value is -1.69. The van der Waals surface area contributed by atoms with Crippen LogP contribution in [-0.2, 0) is 9.53 Å². The van der Waals surface area contributed by atoms with Gasteiger partial charge in [0.25, 0.3) is 0 Å². The topological polar surface area (TPSA) is 87.0 Å². The van der Waals surface area contributed by atoms with Crippen LogP contribution in [0.2, 0.25) is 0 Å². The largest absolute Gasteiger partial charge is 0.465 e. The van der Waals surface area contributed by atoms with E-state index in [0.717, 1.165) is 56.1 Å². The van der Waals surface area contributed by atoms with Crippen LogP contribution in [0, 0.1) is 28.6 Å². The maximum Gasteiger partial charge on any atom is 0.315 e. The molecule has 3 N–H and O–H groups in total. The minimum Gasteiger partial charge on any atom is -0.465 e. The third-order valence-corrected chi connectivity index (χ3v) is 10.5. The number of unbranched alkanes of at least 4 members (excludes halogenated alkanes) is 1. The first-order valence-electron chi connectivity index (χ1n) is 15.1. The average molecular weight is 527 g/mol. The second kappa shape index (κ2) is 12.2. The van der Waals surface area contributed by atoms with Gasteiger partial charge in [0.05, 0.1) is 30.3 Å². The summed E-state index contributed by atoms with van der Waals surface area (Å²) >= 11 is 0. The van der Waals surface area contributed by atoms with Crippen molar-refractivity contribution in [2.75, 3.05) is 6.61 Å². The molecular weight excluding hydrogens is 476 g/mol. The van der Waals surface area contributed by atoms with E-state index >= 15 is 0 Å². The summed E-state index contributed by atoms with van der Waals surface area (Å²) in [5, 5.41) is 31.4. The molecule has 4 rings (SSSR count). The fourth-order valence-electron chi connectivity index (χ4n) is 7.84. The third kappa shape index (κ3) is 5.76. The van der Waals surface area contributed by atoms with Crippen molar-refractivity contribution in [2.45, 2.75) is 116 Å². The summed E-state index contributed by atoms with van der Waals surface area (Å²) in [5.74, 6) is 1.13. The number of esters is 1. The van der Waals surface area contributed by atoms with Gasteiger partial charge in [-0.1, -0.05) is 70.1 Å². The van der Waals surface area contributed by atoms with E-state index in [9.17, 15) is 20.1 Å². The molecule has 0 unspecified atom stereocenters. The van der Waals surface area contributed by atoms with Gasteiger partial charge in [-0.3, -0.25) is 4.79 Å². The number of ether oxygens (including phenoxy) is 1. The van der Waals surface area contributed by atoms with Crippen molar-refractivity contribution in [3.05, 3.63) is 47.6 Å². The number of rotatable bonds is 9. The lowest BCUT2D eigenvalue weighted by Gasteiger charge is -2.44. The zero-order valence-corrected chi connectivity index (χ0v) is 23.8. The molecule has 38 heavy (non-hydrogen) atoms. The van der Waals surface area contributed by atoms with Gasteiger partial charge in [0, 0.05) is 6.42 Å². The fraction of sp³-hybridized carbons (Fsp3) is 0.727. The molecule has 0 aromatic heterocycles. The minimum atomic E-state index is -0.791. The van der Waals surface area contributed by atoms with Crippen molar-refractivity contribution < 1.29 is 24.9 Å². The van der Waals surface area contributed by atoms with Gasteiger partial charge < -0.3 is 20.1 Å². The number of allylic oxidation sites excluding steroid dienone is 4. The molecule has 4 fully saturated rings. The Balaban J connectivity index is 1.43. The van der Waals surface area contributed by atoms with Gasteiger partial charge in [-0.25, -0.2) is 0 Å². The van der Waals surface area contributed by atoms with E-state index in [0.29, 0.717) is 50.0 Å². The lowest BCUT2D eigenvalue weighted by atomic mass is 9.61. The Morgan fingerprint density at radius 3 is 2.61 bits per heavy atom. The number of fused-ring (bicyclic) bond motifs is 1. The maximum absolute atomic E-state index is 12.8. The molecule has 7 atom stereocenters. The summed E-state index contributed by atoms with van der Waals surface area (Å²) in [4.78, 5) is 12.8. The Labute approximate surface area is 229 Å². The molecular formula is C33H50O5. The van der Waals surface area contributed by atoms with E-state index in [1.165, 1.54) is 12.0 Å². The van der Waals surface area contributed by atoms with Crippen molar-refractivity contribution in [2.24, 2.45) is 28.6 Å². The molecule has 0 heterocycles. The zero-order valence-electron chi connectivity index (χ0n) is 23.8. The molecule has 4 aliphatic carbocycles. The van der Waals surface area contributed by atoms with E-state index in [1.807, 2.05) is 6.08 Å². The summed E-state index contributed by atoms with van der Waals surface area (Å²) in [6, 6.07) is 0. The second-order valence-corrected chi connectivity index (χ2v) is 12.9. The lowest BCUT2D eigenvalue weighted by Crippen LogP contribution is -2.48. The van der Waals surface area contributed by atoms with Crippen LogP contribution in [0.5, 0.6) is 0 Å². The summed E-state index contributed by atoms with van der Waals surface area (Å²) in [6.07, 6.45) is 17.4. The van der Waals surface area contributed by atoms with Crippen LogP contribution in [0.3, 0.4) is 0 Å². The Kier molecular flexibility index (Phi) is 9.43. The van der Waals surface area contributed by atoms with E-state index < -0.39 is 23.7 Å². The quantitative estimate of drug-likeness (QED) is 0.189. The Bertz CT molecular complexity index is 956. The molecule has 0 aromatic carbocycles. The number of carbonyl (C=O) groups is 1. The standard InChI is InChI=1S/C33H50O5/c1-5-6-19-38-31(37)33(17-8-18-33)30(36)15-10-22(2)27-13-14-28-24(9-7-16-32(27,28)4)11-12-25-20-26(34)21-29(35)23(25)3/h10-12,15,22,26-30,34-36H,3,5-9,13-14,16-21H2,1-2,4H3/b15-10?,24-11+,25-12-/t22-,26-,27-,28+,29+,30-,32-/m1/s1. The first kappa shape index (κ1) is 29.3. The molecule has 0 bridgehead atoms. The first-order valence-corrected chi connectivity index (χ1v) is 15.1. The molecule has 0 radical (unpaired) electrons. The predicted molar refractivity (Wildman–Crippen MR) is 151 cm³/mol. The van der Waals surface area contributed by atoms with Crippen LogP contribution in [0.4, 0.5) is 0 Å². The molecule has 0 spiro atoms. The molecule has 5 nitrogen and oxygen atoms in total. The van der Waals surface area contributed by atoms with Crippen LogP contribution in [0.1, 0.15) is 97.8 Å². The smallest absolute Gasteiger partial charge is 0.315 e. The summed E-state index contributed by atoms with van der Waals surface area (Å²) in [5.41, 5.74) is 2.63. The molecule has 0 aliphatic heterocycles. The van der Waals surface area contributed by atoms with Gasteiger partial charge in [-0.2, -0.15) is 0 Å². The number of hydrogen-bond donors (Lipinski definition) is 3. The van der Waals surface area contributed by atoms with Gasteiger partial charge in [-0.15, -0.1) is 0 Å². The molecule has 5 heteroatoms. The van der Waals surface area contributed by atoms with Gasteiger partial charge in [0.1, 0.15) is 0 Å². The van der Waals surface area contributed by atoms with E-state index in [-0.39, 0.29) is 11.4 Å². The fourth-order valence-corrected chi connectivity index (χ4v) is 7.84. The Morgan fingerprint density at radius 2 is 1.92 bits per heavy atom. The van der Waals surface area contributed by atoms with Crippen LogP contribution in [-0.4, -0.2) is 46.2 Å². The summed E-state index contributed by atoms with van der Waals surface area (Å²) in [7, 11) is 0. The van der Waals surface area contributed by atoms with Gasteiger partial charge in [0.15, 0.2) is 0 Å². The Morgan fingerprint density at radius 1 is 1.16 bits per heavy atom. The molecule has 0 amide bonds. The highest BCUT2D eigenvalue weighted by Gasteiger charge is 2.52. The van der Waals surface area contributed by atoms with E-state index in [2.05, 4.69) is 45.6 Å². The van der Waals surface area contributed by atoms with Crippen molar-refractivity contribution in [3.8, 4) is 0 Å². The number of aliphatic hydroxyl groups is 3. The van der Waals surface area contributed by atoms with Crippen LogP contribution >= 0.6 is 0 Å². The molecule has 0 saturated heterocycles. The third-order valence-electron chi connectivity index (χ3n) is 10.5. The highest BCUT2D eigenvalue weighted by Crippen LogP contribution is 2.59. The van der Waals surface area contributed by atoms with Crippen molar-refractivity contribution in [3.63, 3.8) is 0 Å². The minimum absolute atomic E-state index is 0.202.